The zero-order chi connectivity index (χ0) is 14.6. The van der Waals surface area contributed by atoms with E-state index in [1.54, 1.807) is 6.92 Å². The van der Waals surface area contributed by atoms with E-state index in [4.69, 9.17) is 5.73 Å². The van der Waals surface area contributed by atoms with E-state index in [0.29, 0.717) is 24.7 Å². The average molecular weight is 268 g/mol. The molecule has 0 saturated heterocycles. The first kappa shape index (κ1) is 15.2. The summed E-state index contributed by atoms with van der Waals surface area (Å²) in [5.74, 6) is 0.636. The van der Waals surface area contributed by atoms with Crippen LogP contribution >= 0.6 is 0 Å². The normalized spacial score (nSPS) is 14.2. The molecule has 1 unspecified atom stereocenters. The van der Waals surface area contributed by atoms with Gasteiger partial charge < -0.3 is 16.2 Å². The van der Waals surface area contributed by atoms with Crippen molar-refractivity contribution in [2.75, 3.05) is 17.6 Å². The lowest BCUT2D eigenvalue weighted by atomic mass is 9.94. The van der Waals surface area contributed by atoms with Crippen molar-refractivity contribution < 1.29 is 10.0 Å². The Kier molecular flexibility index (Phi) is 4.66. The molecule has 0 radical (unpaired) electrons. The zero-order valence-corrected chi connectivity index (χ0v) is 11.4. The maximum absolute atomic E-state index is 10.6. The molecule has 19 heavy (non-hydrogen) atoms. The first-order chi connectivity index (χ1) is 8.71. The second-order valence-corrected chi connectivity index (χ2v) is 5.31. The van der Waals surface area contributed by atoms with Crippen molar-refractivity contribution in [3.8, 4) is 0 Å². The number of nitro groups is 1. The molecule has 1 rings (SSSR count). The molecule has 0 aromatic carbocycles. The summed E-state index contributed by atoms with van der Waals surface area (Å²) in [5.41, 5.74) is 4.40. The number of hydrogen-bond acceptors (Lipinski definition) is 6. The van der Waals surface area contributed by atoms with Gasteiger partial charge in [-0.1, -0.05) is 13.8 Å². The topological polar surface area (TPSA) is 114 Å². The van der Waals surface area contributed by atoms with Gasteiger partial charge in [0.05, 0.1) is 10.5 Å². The molecule has 1 heterocycles. The van der Waals surface area contributed by atoms with Crippen LogP contribution < -0.4 is 11.1 Å². The van der Waals surface area contributed by atoms with E-state index in [2.05, 4.69) is 10.3 Å². The molecule has 1 aromatic rings. The molecule has 0 spiro atoms. The summed E-state index contributed by atoms with van der Waals surface area (Å²) in [6, 6.07) is 2.77. The summed E-state index contributed by atoms with van der Waals surface area (Å²) in [7, 11) is 0. The smallest absolute Gasteiger partial charge is 0.311 e. The zero-order valence-electron chi connectivity index (χ0n) is 11.4. The van der Waals surface area contributed by atoms with Gasteiger partial charge in [-0.2, -0.15) is 0 Å². The Morgan fingerprint density at radius 2 is 2.21 bits per heavy atom. The van der Waals surface area contributed by atoms with E-state index >= 15 is 0 Å². The number of nitrogens with zero attached hydrogens (tertiary/aromatic N) is 2. The maximum atomic E-state index is 10.6. The maximum Gasteiger partial charge on any atom is 0.311 e. The van der Waals surface area contributed by atoms with Crippen LogP contribution in [0.4, 0.5) is 17.3 Å². The van der Waals surface area contributed by atoms with Crippen molar-refractivity contribution in [1.29, 1.82) is 0 Å². The first-order valence-corrected chi connectivity index (χ1v) is 6.08. The molecule has 4 N–H and O–H groups in total. The van der Waals surface area contributed by atoms with Crippen molar-refractivity contribution >= 4 is 17.3 Å². The molecule has 106 valence electrons. The molecule has 0 amide bonds. The second-order valence-electron chi connectivity index (χ2n) is 5.31. The Morgan fingerprint density at radius 1 is 1.58 bits per heavy atom. The SMILES string of the molecule is CC(C)CC(C)(O)CNc1ccc([N+](=O)[O-])c(N)n1. The highest BCUT2D eigenvalue weighted by molar-refractivity contribution is 5.57. The number of hydrogen-bond donors (Lipinski definition) is 3. The van der Waals surface area contributed by atoms with Crippen LogP contribution in [0.25, 0.3) is 0 Å². The summed E-state index contributed by atoms with van der Waals surface area (Å²) in [6.07, 6.45) is 0.641. The van der Waals surface area contributed by atoms with Gasteiger partial charge in [-0.15, -0.1) is 0 Å². The molecule has 7 heteroatoms. The monoisotopic (exact) mass is 268 g/mol. The van der Waals surface area contributed by atoms with Crippen LogP contribution in [0.5, 0.6) is 0 Å². The number of nitrogen functional groups attached to an aromatic ring is 1. The van der Waals surface area contributed by atoms with Gasteiger partial charge >= 0.3 is 5.69 Å². The van der Waals surface area contributed by atoms with Crippen LogP contribution in [0.3, 0.4) is 0 Å². The fourth-order valence-corrected chi connectivity index (χ4v) is 1.95. The van der Waals surface area contributed by atoms with Gasteiger partial charge in [0.2, 0.25) is 5.82 Å². The molecule has 0 fully saturated rings. The van der Waals surface area contributed by atoms with Gasteiger partial charge in [0.15, 0.2) is 0 Å². The average Bonchev–Trinajstić information content (AvgIpc) is 2.24. The number of nitrogens with one attached hydrogen (secondary N) is 1. The molecular weight excluding hydrogens is 248 g/mol. The molecule has 0 aliphatic heterocycles. The summed E-state index contributed by atoms with van der Waals surface area (Å²) in [6.45, 7) is 6.08. The van der Waals surface area contributed by atoms with Crippen LogP contribution in [0.15, 0.2) is 12.1 Å². The van der Waals surface area contributed by atoms with Crippen LogP contribution in [0.1, 0.15) is 27.2 Å². The highest BCUT2D eigenvalue weighted by Gasteiger charge is 2.22. The fourth-order valence-electron chi connectivity index (χ4n) is 1.95. The van der Waals surface area contributed by atoms with Gasteiger partial charge in [0, 0.05) is 12.6 Å². The van der Waals surface area contributed by atoms with Crippen molar-refractivity contribution in [3.05, 3.63) is 22.2 Å². The van der Waals surface area contributed by atoms with Crippen molar-refractivity contribution in [1.82, 2.24) is 4.98 Å². The minimum absolute atomic E-state index is 0.140. The van der Waals surface area contributed by atoms with E-state index in [-0.39, 0.29) is 11.5 Å². The van der Waals surface area contributed by atoms with Crippen molar-refractivity contribution in [2.45, 2.75) is 32.8 Å². The third-order valence-corrected chi connectivity index (χ3v) is 2.60. The summed E-state index contributed by atoms with van der Waals surface area (Å²) in [5, 5.41) is 23.7. The Labute approximate surface area is 112 Å². The summed E-state index contributed by atoms with van der Waals surface area (Å²) in [4.78, 5) is 13.9. The molecule has 0 saturated carbocycles. The molecule has 0 aliphatic rings. The molecule has 7 nitrogen and oxygen atoms in total. The number of pyridine rings is 1. The van der Waals surface area contributed by atoms with Gasteiger partial charge in [-0.25, -0.2) is 4.98 Å². The molecule has 0 bridgehead atoms. The predicted octanol–water partition coefficient (Wildman–Crippen LogP) is 1.78. The Balaban J connectivity index is 2.69. The number of rotatable bonds is 6. The molecular formula is C12H20N4O3. The van der Waals surface area contributed by atoms with E-state index in [0.717, 1.165) is 0 Å². The molecule has 1 aromatic heterocycles. The van der Waals surface area contributed by atoms with Gasteiger partial charge in [0.25, 0.3) is 0 Å². The van der Waals surface area contributed by atoms with Gasteiger partial charge in [-0.3, -0.25) is 10.1 Å². The first-order valence-electron chi connectivity index (χ1n) is 6.08. The van der Waals surface area contributed by atoms with E-state index in [1.807, 2.05) is 13.8 Å². The lowest BCUT2D eigenvalue weighted by Crippen LogP contribution is -2.35. The van der Waals surface area contributed by atoms with Crippen LogP contribution in [-0.2, 0) is 0 Å². The van der Waals surface area contributed by atoms with Crippen LogP contribution in [-0.4, -0.2) is 27.2 Å². The van der Waals surface area contributed by atoms with Gasteiger partial charge in [-0.05, 0) is 25.3 Å². The Morgan fingerprint density at radius 3 is 2.68 bits per heavy atom. The van der Waals surface area contributed by atoms with Crippen molar-refractivity contribution in [2.24, 2.45) is 5.92 Å². The standard InChI is InChI=1S/C12H20N4O3/c1-8(2)6-12(3,17)7-14-10-5-4-9(16(18)19)11(13)15-10/h4-5,8,17H,6-7H2,1-3H3,(H3,13,14,15). The fraction of sp³-hybridized carbons (Fsp3) is 0.583. The van der Waals surface area contributed by atoms with Gasteiger partial charge in [0.1, 0.15) is 5.82 Å². The largest absolute Gasteiger partial charge is 0.388 e. The Hall–Kier alpha value is -1.89. The van der Waals surface area contributed by atoms with E-state index in [9.17, 15) is 15.2 Å². The third-order valence-electron chi connectivity index (χ3n) is 2.60. The quantitative estimate of drug-likeness (QED) is 0.535. The third kappa shape index (κ3) is 4.70. The minimum atomic E-state index is -0.869. The number of aliphatic hydroxyl groups is 1. The minimum Gasteiger partial charge on any atom is -0.388 e. The summed E-state index contributed by atoms with van der Waals surface area (Å²) < 4.78 is 0. The second kappa shape index (κ2) is 5.83. The number of anilines is 2. The lowest BCUT2D eigenvalue weighted by molar-refractivity contribution is -0.384. The predicted molar refractivity (Wildman–Crippen MR) is 73.9 cm³/mol. The van der Waals surface area contributed by atoms with Crippen molar-refractivity contribution in [3.63, 3.8) is 0 Å². The molecule has 1 atom stereocenters. The van der Waals surface area contributed by atoms with Crippen LogP contribution in [0, 0.1) is 16.0 Å². The van der Waals surface area contributed by atoms with E-state index < -0.39 is 10.5 Å². The van der Waals surface area contributed by atoms with Crippen LogP contribution in [0.2, 0.25) is 0 Å². The molecule has 0 aliphatic carbocycles. The highest BCUT2D eigenvalue weighted by atomic mass is 16.6. The van der Waals surface area contributed by atoms with E-state index in [1.165, 1.54) is 12.1 Å². The number of aromatic nitrogens is 1. The summed E-state index contributed by atoms with van der Waals surface area (Å²) >= 11 is 0. The lowest BCUT2D eigenvalue weighted by Gasteiger charge is -2.25. The number of nitrogens with two attached hydrogens (primary N) is 1. The Bertz CT molecular complexity index is 460. The highest BCUT2D eigenvalue weighted by Crippen LogP contribution is 2.22.